The van der Waals surface area contributed by atoms with E-state index in [0.717, 1.165) is 0 Å². The van der Waals surface area contributed by atoms with E-state index in [1.807, 2.05) is 6.92 Å². The van der Waals surface area contributed by atoms with Crippen LogP contribution in [0.3, 0.4) is 0 Å². The van der Waals surface area contributed by atoms with Gasteiger partial charge in [0, 0.05) is 42.2 Å². The molecule has 2 atom stereocenters. The predicted molar refractivity (Wildman–Crippen MR) is 113 cm³/mol. The molecule has 3 rings (SSSR count). The van der Waals surface area contributed by atoms with Crippen LogP contribution in [0.15, 0.2) is 42.7 Å². The lowest BCUT2D eigenvalue weighted by molar-refractivity contribution is -0.118. The molecule has 1 fully saturated rings. The van der Waals surface area contributed by atoms with Gasteiger partial charge in [-0.15, -0.1) is 0 Å². The first-order valence-corrected chi connectivity index (χ1v) is 13.0. The van der Waals surface area contributed by atoms with Crippen molar-refractivity contribution in [3.05, 3.63) is 64.4 Å². The fourth-order valence-corrected chi connectivity index (χ4v) is 6.97. The average Bonchev–Trinajstić information content (AvgIpc) is 2.68. The molecule has 2 heterocycles. The molecule has 0 spiro atoms. The number of nitrogens with zero attached hydrogens (tertiary/aromatic N) is 1. The Labute approximate surface area is 184 Å². The Morgan fingerprint density at radius 1 is 1.23 bits per heavy atom. The molecule has 1 aromatic heterocycles. The molecule has 1 aliphatic heterocycles. The quantitative estimate of drug-likeness (QED) is 0.492. The van der Waals surface area contributed by atoms with Crippen LogP contribution < -0.4 is 0 Å². The number of hydrogen-bond acceptors (Lipinski definition) is 7. The number of ketones is 1. The summed E-state index contributed by atoms with van der Waals surface area (Å²) in [6.45, 7) is 1.85. The maximum Gasteiger partial charge on any atom is 0.374 e. The highest BCUT2D eigenvalue weighted by molar-refractivity contribution is 7.73. The van der Waals surface area contributed by atoms with E-state index >= 15 is 0 Å². The highest BCUT2D eigenvalue weighted by Gasteiger charge is 2.67. The van der Waals surface area contributed by atoms with Crippen molar-refractivity contribution in [3.63, 3.8) is 0 Å². The Hall–Kier alpha value is -1.41. The highest BCUT2D eigenvalue weighted by atomic mass is 35.5. The lowest BCUT2D eigenvalue weighted by Crippen LogP contribution is -2.38. The van der Waals surface area contributed by atoms with Gasteiger partial charge in [0.05, 0.1) is 0 Å². The predicted octanol–water partition coefficient (Wildman–Crippen LogP) is 3.95. The minimum Gasteiger partial charge on any atom is -0.367 e. The lowest BCUT2D eigenvalue weighted by atomic mass is 10.00. The summed E-state index contributed by atoms with van der Waals surface area (Å²) in [6.07, 6.45) is 1.13. The summed E-state index contributed by atoms with van der Waals surface area (Å²) in [7, 11) is -10.3. The maximum atomic E-state index is 13.0. The number of aliphatic hydroxyl groups is 1. The summed E-state index contributed by atoms with van der Waals surface area (Å²) in [6, 6.07) is 7.32. The van der Waals surface area contributed by atoms with Gasteiger partial charge in [0.25, 0.3) is 5.08 Å². The second kappa shape index (κ2) is 9.22. The summed E-state index contributed by atoms with van der Waals surface area (Å²) < 4.78 is 36.2. The van der Waals surface area contributed by atoms with Crippen molar-refractivity contribution < 1.29 is 37.9 Å². The van der Waals surface area contributed by atoms with E-state index < -0.39 is 33.0 Å². The van der Waals surface area contributed by atoms with Crippen LogP contribution in [0.4, 0.5) is 0 Å². The van der Waals surface area contributed by atoms with Crippen LogP contribution in [0.25, 0.3) is 0 Å². The standard InChI is InChI=1S/C19H22ClNO8P2/c1-2-4-16(22)9-14-6-7-15(20)10-17(14)18-28-30(24,25)19(23,31(26,27)29-18)11-13-5-3-8-21-12-13/h3,5-8,10,12,18,23H,2,4,9,11H2,1H3,(H,24,25)(H,26,27). The zero-order valence-corrected chi connectivity index (χ0v) is 19.1. The number of benzene rings is 1. The van der Waals surface area contributed by atoms with Crippen molar-refractivity contribution in [2.75, 3.05) is 0 Å². The van der Waals surface area contributed by atoms with Crippen molar-refractivity contribution in [3.8, 4) is 0 Å². The summed E-state index contributed by atoms with van der Waals surface area (Å²) in [4.78, 5) is 36.9. The van der Waals surface area contributed by atoms with Gasteiger partial charge in [0.1, 0.15) is 5.78 Å². The van der Waals surface area contributed by atoms with E-state index in [9.17, 15) is 28.8 Å². The summed E-state index contributed by atoms with van der Waals surface area (Å²) in [5, 5.41) is 7.90. The zero-order chi connectivity index (χ0) is 22.9. The molecule has 168 valence electrons. The van der Waals surface area contributed by atoms with Crippen LogP contribution in [0, 0.1) is 0 Å². The molecule has 0 amide bonds. The van der Waals surface area contributed by atoms with E-state index in [0.29, 0.717) is 18.4 Å². The van der Waals surface area contributed by atoms with E-state index in [4.69, 9.17) is 20.6 Å². The second-order valence-electron chi connectivity index (χ2n) is 7.20. The van der Waals surface area contributed by atoms with E-state index in [-0.39, 0.29) is 28.4 Å². The van der Waals surface area contributed by atoms with Crippen molar-refractivity contribution in [2.45, 2.75) is 44.0 Å². The molecule has 12 heteroatoms. The molecular formula is C19H22ClNO8P2. The molecule has 3 N–H and O–H groups in total. The normalized spacial score (nSPS) is 30.8. The van der Waals surface area contributed by atoms with Gasteiger partial charge in [-0.25, -0.2) is 0 Å². The topological polar surface area (TPSA) is 143 Å². The first kappa shape index (κ1) is 24.2. The fourth-order valence-electron chi connectivity index (χ4n) is 3.22. The van der Waals surface area contributed by atoms with Crippen LogP contribution in [0.1, 0.15) is 42.7 Å². The third-order valence-corrected chi connectivity index (χ3v) is 9.66. The van der Waals surface area contributed by atoms with E-state index in [2.05, 4.69) is 4.98 Å². The SMILES string of the molecule is CCCC(=O)Cc1ccc(Cl)cc1C1OP(=O)(O)C(O)(Cc2cccnc2)P(=O)(O)O1. The first-order chi connectivity index (χ1) is 14.5. The van der Waals surface area contributed by atoms with Gasteiger partial charge in [-0.1, -0.05) is 30.7 Å². The van der Waals surface area contributed by atoms with Crippen molar-refractivity contribution >= 4 is 32.6 Å². The summed E-state index contributed by atoms with van der Waals surface area (Å²) in [5.41, 5.74) is 0.655. The highest BCUT2D eigenvalue weighted by Crippen LogP contribution is 2.79. The molecular weight excluding hydrogens is 468 g/mol. The Balaban J connectivity index is 1.98. The maximum absolute atomic E-state index is 13.0. The van der Waals surface area contributed by atoms with Crippen molar-refractivity contribution in [2.24, 2.45) is 0 Å². The molecule has 9 nitrogen and oxygen atoms in total. The smallest absolute Gasteiger partial charge is 0.367 e. The molecule has 1 saturated heterocycles. The van der Waals surface area contributed by atoms with Crippen LogP contribution in [0.5, 0.6) is 0 Å². The van der Waals surface area contributed by atoms with Crippen LogP contribution >= 0.6 is 26.8 Å². The fraction of sp³-hybridized carbons (Fsp3) is 0.368. The lowest BCUT2D eigenvalue weighted by Gasteiger charge is -2.41. The van der Waals surface area contributed by atoms with Crippen LogP contribution in [-0.2, 0) is 35.8 Å². The number of Topliss-reactive ketones (excluding diaryl/α,β-unsaturated/α-hetero) is 1. The number of halogens is 1. The van der Waals surface area contributed by atoms with Gasteiger partial charge in [0.2, 0.25) is 6.29 Å². The summed E-state index contributed by atoms with van der Waals surface area (Å²) >= 11 is 6.02. The Morgan fingerprint density at radius 3 is 2.48 bits per heavy atom. The Morgan fingerprint density at radius 2 is 1.90 bits per heavy atom. The molecule has 0 bridgehead atoms. The van der Waals surface area contributed by atoms with E-state index in [1.54, 1.807) is 0 Å². The molecule has 2 unspecified atom stereocenters. The summed E-state index contributed by atoms with van der Waals surface area (Å²) in [5.74, 6) is -0.102. The zero-order valence-electron chi connectivity index (χ0n) is 16.5. The Kier molecular flexibility index (Phi) is 7.21. The molecule has 2 aromatic rings. The first-order valence-electron chi connectivity index (χ1n) is 9.43. The average molecular weight is 490 g/mol. The molecule has 1 aliphatic rings. The minimum absolute atomic E-state index is 0.0467. The van der Waals surface area contributed by atoms with Gasteiger partial charge in [-0.3, -0.25) is 28.0 Å². The number of pyridine rings is 1. The van der Waals surface area contributed by atoms with Crippen molar-refractivity contribution in [1.29, 1.82) is 0 Å². The number of carbonyl (C=O) groups is 1. The number of carbonyl (C=O) groups excluding carboxylic acids is 1. The molecule has 0 aliphatic carbocycles. The van der Waals surface area contributed by atoms with Crippen molar-refractivity contribution in [1.82, 2.24) is 4.98 Å². The number of aromatic nitrogens is 1. The third-order valence-electron chi connectivity index (χ3n) is 4.82. The Bertz CT molecular complexity index is 1040. The molecule has 0 radical (unpaired) electrons. The van der Waals surface area contributed by atoms with E-state index in [1.165, 1.54) is 42.7 Å². The number of rotatable bonds is 7. The number of hydrogen-bond donors (Lipinski definition) is 3. The van der Waals surface area contributed by atoms with Crippen LogP contribution in [0.2, 0.25) is 5.02 Å². The monoisotopic (exact) mass is 489 g/mol. The third kappa shape index (κ3) is 5.00. The van der Waals surface area contributed by atoms with Gasteiger partial charge < -0.3 is 14.9 Å². The van der Waals surface area contributed by atoms with Gasteiger partial charge >= 0.3 is 15.2 Å². The van der Waals surface area contributed by atoms with Crippen LogP contribution in [-0.4, -0.2) is 30.7 Å². The van der Waals surface area contributed by atoms with Gasteiger partial charge in [-0.05, 0) is 35.7 Å². The van der Waals surface area contributed by atoms with Gasteiger partial charge in [-0.2, -0.15) is 0 Å². The minimum atomic E-state index is -5.14. The molecule has 31 heavy (non-hydrogen) atoms. The second-order valence-corrected chi connectivity index (χ2v) is 12.0. The van der Waals surface area contributed by atoms with Gasteiger partial charge in [0.15, 0.2) is 0 Å². The molecule has 0 saturated carbocycles. The molecule has 1 aromatic carbocycles. The largest absolute Gasteiger partial charge is 0.374 e.